The van der Waals surface area contributed by atoms with Crippen LogP contribution >= 0.6 is 34.2 Å². The van der Waals surface area contributed by atoms with Crippen molar-refractivity contribution in [3.63, 3.8) is 0 Å². The number of carbonyl (C=O) groups excluding carboxylic acids is 4. The van der Waals surface area contributed by atoms with E-state index in [9.17, 15) is 19.2 Å². The van der Waals surface area contributed by atoms with Gasteiger partial charge in [-0.1, -0.05) is 59.0 Å². The molecule has 3 aliphatic rings. The third kappa shape index (κ3) is 4.26. The maximum Gasteiger partial charge on any atom is 0.324 e. The van der Waals surface area contributed by atoms with Crippen LogP contribution in [-0.4, -0.2) is 68.5 Å². The van der Waals surface area contributed by atoms with Crippen molar-refractivity contribution in [1.82, 2.24) is 15.1 Å². The quantitative estimate of drug-likeness (QED) is 0.305. The number of nitrogens with zero attached hydrogens (tertiary/aromatic N) is 2. The number of nitrogens with one attached hydrogen (secondary N) is 2. The summed E-state index contributed by atoms with van der Waals surface area (Å²) in [6, 6.07) is 15.0. The van der Waals surface area contributed by atoms with E-state index in [0.717, 1.165) is 16.7 Å². The largest absolute Gasteiger partial charge is 0.331 e. The molecule has 2 aromatic carbocycles. The molecule has 3 atom stereocenters. The summed E-state index contributed by atoms with van der Waals surface area (Å²) in [5.74, 6) is -0.801. The summed E-state index contributed by atoms with van der Waals surface area (Å²) < 4.78 is 0.448. The number of halogens is 2. The molecule has 2 aromatic rings. The van der Waals surface area contributed by atoms with Gasteiger partial charge in [0.2, 0.25) is 11.8 Å². The van der Waals surface area contributed by atoms with Gasteiger partial charge in [0.15, 0.2) is 0 Å². The van der Waals surface area contributed by atoms with E-state index in [1.165, 1.54) is 4.90 Å². The van der Waals surface area contributed by atoms with E-state index < -0.39 is 16.4 Å². The van der Waals surface area contributed by atoms with E-state index in [2.05, 4.69) is 33.2 Å². The number of amides is 5. The molecule has 0 bridgehead atoms. The first kappa shape index (κ1) is 25.0. The fourth-order valence-electron chi connectivity index (χ4n) is 5.52. The van der Waals surface area contributed by atoms with Crippen molar-refractivity contribution < 1.29 is 19.2 Å². The predicted molar refractivity (Wildman–Crippen MR) is 144 cm³/mol. The van der Waals surface area contributed by atoms with Gasteiger partial charge in [0.1, 0.15) is 10.4 Å². The Hall–Kier alpha value is -2.66. The first-order valence-corrected chi connectivity index (χ1v) is 13.7. The van der Waals surface area contributed by atoms with Crippen molar-refractivity contribution in [1.29, 1.82) is 0 Å². The molecule has 5 amide bonds. The Kier molecular flexibility index (Phi) is 6.48. The fraction of sp³-hybridized carbons (Fsp3) is 0.385. The minimum absolute atomic E-state index is 0.0393. The number of alkyl halides is 2. The van der Waals surface area contributed by atoms with Crippen LogP contribution in [0.4, 0.5) is 10.5 Å². The summed E-state index contributed by atoms with van der Waals surface area (Å²) in [7, 11) is 1.62. The monoisotopic (exact) mass is 620 g/mol. The SMILES string of the molecule is CN1C(=O)NC(=O)C12Cc1ccc(NC(=O)CN3CC(c4ccccc4)CC(Cl)(CI)C3=O)cc1C2. The Morgan fingerprint density at radius 2 is 1.86 bits per heavy atom. The summed E-state index contributed by atoms with van der Waals surface area (Å²) in [5.41, 5.74) is 2.64. The Labute approximate surface area is 227 Å². The Balaban J connectivity index is 1.29. The number of piperidine rings is 1. The number of imide groups is 1. The molecule has 36 heavy (non-hydrogen) atoms. The lowest BCUT2D eigenvalue weighted by molar-refractivity contribution is -0.139. The number of benzene rings is 2. The summed E-state index contributed by atoms with van der Waals surface area (Å²) in [6.45, 7) is 0.317. The van der Waals surface area contributed by atoms with Crippen LogP contribution < -0.4 is 10.6 Å². The van der Waals surface area contributed by atoms with E-state index in [1.807, 2.05) is 42.5 Å². The topological polar surface area (TPSA) is 98.8 Å². The van der Waals surface area contributed by atoms with Crippen LogP contribution in [0.5, 0.6) is 0 Å². The lowest BCUT2D eigenvalue weighted by Crippen LogP contribution is -2.55. The van der Waals surface area contributed by atoms with Gasteiger partial charge in [0, 0.05) is 42.5 Å². The average Bonchev–Trinajstić information content (AvgIpc) is 3.35. The molecule has 1 spiro atoms. The van der Waals surface area contributed by atoms with Crippen LogP contribution in [0.1, 0.15) is 29.0 Å². The van der Waals surface area contributed by atoms with Crippen LogP contribution in [0.2, 0.25) is 0 Å². The highest BCUT2D eigenvalue weighted by Gasteiger charge is 2.54. The number of anilines is 1. The molecule has 188 valence electrons. The first-order chi connectivity index (χ1) is 17.1. The molecule has 8 nitrogen and oxygen atoms in total. The van der Waals surface area contributed by atoms with Crippen molar-refractivity contribution >= 4 is 63.6 Å². The Morgan fingerprint density at radius 3 is 2.53 bits per heavy atom. The third-order valence-corrected chi connectivity index (χ3v) is 9.75. The second kappa shape index (κ2) is 9.33. The van der Waals surface area contributed by atoms with E-state index >= 15 is 0 Å². The first-order valence-electron chi connectivity index (χ1n) is 11.8. The molecule has 2 fully saturated rings. The van der Waals surface area contributed by atoms with E-state index in [0.29, 0.717) is 35.9 Å². The number of hydrogen-bond donors (Lipinski definition) is 2. The van der Waals surface area contributed by atoms with Gasteiger partial charge in [-0.2, -0.15) is 0 Å². The molecule has 2 N–H and O–H groups in total. The summed E-state index contributed by atoms with van der Waals surface area (Å²) in [4.78, 5) is 52.6. The lowest BCUT2D eigenvalue weighted by Gasteiger charge is -2.41. The summed E-state index contributed by atoms with van der Waals surface area (Å²) in [5, 5.41) is 5.28. The van der Waals surface area contributed by atoms with Crippen LogP contribution in [-0.2, 0) is 27.2 Å². The standard InChI is InChI=1S/C26H26ClIN4O4/c1-31-24(36)30-22(34)26(31)11-17-7-8-20(9-18(17)12-26)29-21(33)14-32-13-19(16-5-3-2-4-6-16)10-25(27,15-28)23(32)35/h2-9,19H,10-15H2,1H3,(H,29,33)(H,30,34,36). The third-order valence-electron chi connectivity index (χ3n) is 7.54. The summed E-state index contributed by atoms with van der Waals surface area (Å²) >= 11 is 8.89. The molecule has 0 aromatic heterocycles. The van der Waals surface area contributed by atoms with Crippen LogP contribution in [0.25, 0.3) is 0 Å². The molecule has 2 aliphatic heterocycles. The van der Waals surface area contributed by atoms with E-state index in [4.69, 9.17) is 11.6 Å². The van der Waals surface area contributed by atoms with Crippen LogP contribution in [0.15, 0.2) is 48.5 Å². The molecule has 10 heteroatoms. The minimum atomic E-state index is -1.05. The van der Waals surface area contributed by atoms with Gasteiger partial charge in [-0.05, 0) is 35.2 Å². The molecule has 2 saturated heterocycles. The van der Waals surface area contributed by atoms with Crippen molar-refractivity contribution in [3.8, 4) is 0 Å². The number of hydrogen-bond acceptors (Lipinski definition) is 4. The van der Waals surface area contributed by atoms with Crippen LogP contribution in [0.3, 0.4) is 0 Å². The smallest absolute Gasteiger partial charge is 0.324 e. The fourth-order valence-corrected chi connectivity index (χ4v) is 6.46. The maximum absolute atomic E-state index is 13.2. The number of likely N-dealkylation sites (N-methyl/N-ethyl adjacent to an activating group) is 1. The molecule has 1 aliphatic carbocycles. The second-order valence-electron chi connectivity index (χ2n) is 9.83. The van der Waals surface area contributed by atoms with Crippen molar-refractivity contribution in [2.75, 3.05) is 29.9 Å². The van der Waals surface area contributed by atoms with Crippen molar-refractivity contribution in [3.05, 3.63) is 65.2 Å². The predicted octanol–water partition coefficient (Wildman–Crippen LogP) is 3.07. The van der Waals surface area contributed by atoms with Gasteiger partial charge in [-0.25, -0.2) is 4.79 Å². The maximum atomic E-state index is 13.2. The zero-order valence-corrected chi connectivity index (χ0v) is 22.6. The van der Waals surface area contributed by atoms with Crippen molar-refractivity contribution in [2.24, 2.45) is 0 Å². The number of likely N-dealkylation sites (tertiary alicyclic amines) is 1. The molecular weight excluding hydrogens is 595 g/mol. The minimum Gasteiger partial charge on any atom is -0.331 e. The molecule has 2 heterocycles. The Morgan fingerprint density at radius 1 is 1.14 bits per heavy atom. The Bertz CT molecular complexity index is 1260. The normalized spacial score (nSPS) is 27.4. The van der Waals surface area contributed by atoms with Gasteiger partial charge in [0.25, 0.3) is 5.91 Å². The van der Waals surface area contributed by atoms with E-state index in [1.54, 1.807) is 18.0 Å². The van der Waals surface area contributed by atoms with E-state index in [-0.39, 0.29) is 30.2 Å². The van der Waals surface area contributed by atoms with Crippen LogP contribution in [0, 0.1) is 0 Å². The second-order valence-corrected chi connectivity index (χ2v) is 11.3. The van der Waals surface area contributed by atoms with Gasteiger partial charge >= 0.3 is 6.03 Å². The highest BCUT2D eigenvalue weighted by Crippen LogP contribution is 2.40. The number of urea groups is 1. The summed E-state index contributed by atoms with van der Waals surface area (Å²) in [6.07, 6.45) is 1.34. The lowest BCUT2D eigenvalue weighted by atomic mass is 9.84. The van der Waals surface area contributed by atoms with Gasteiger partial charge in [-0.15, -0.1) is 11.6 Å². The number of rotatable bonds is 5. The highest BCUT2D eigenvalue weighted by atomic mass is 127. The molecule has 0 radical (unpaired) electrons. The number of fused-ring (bicyclic) bond motifs is 1. The highest BCUT2D eigenvalue weighted by molar-refractivity contribution is 14.1. The molecule has 3 unspecified atom stereocenters. The van der Waals surface area contributed by atoms with Gasteiger partial charge < -0.3 is 15.1 Å². The molecular formula is C26H26ClIN4O4. The van der Waals surface area contributed by atoms with Gasteiger partial charge in [0.05, 0.1) is 6.54 Å². The molecule has 5 rings (SSSR count). The number of carbonyl (C=O) groups is 4. The average molecular weight is 621 g/mol. The zero-order valence-electron chi connectivity index (χ0n) is 19.7. The molecule has 0 saturated carbocycles. The zero-order chi connectivity index (χ0) is 25.7. The van der Waals surface area contributed by atoms with Gasteiger partial charge in [-0.3, -0.25) is 19.7 Å². The van der Waals surface area contributed by atoms with Crippen molar-refractivity contribution in [2.45, 2.75) is 35.6 Å².